The maximum Gasteiger partial charge on any atom is 0.274 e. The molecule has 4 rings (SSSR count). The fraction of sp³-hybridized carbons (Fsp3) is 0.0476. The van der Waals surface area contributed by atoms with Crippen LogP contribution in [0.25, 0.3) is 11.4 Å². The summed E-state index contributed by atoms with van der Waals surface area (Å²) in [4.78, 5) is 20.6. The molecule has 0 saturated carbocycles. The van der Waals surface area contributed by atoms with E-state index in [4.69, 9.17) is 16.1 Å². The molecule has 0 fully saturated rings. The first-order chi connectivity index (χ1) is 13.7. The van der Waals surface area contributed by atoms with E-state index in [0.29, 0.717) is 34.5 Å². The smallest absolute Gasteiger partial charge is 0.274 e. The first-order valence-corrected chi connectivity index (χ1v) is 8.95. The van der Waals surface area contributed by atoms with Gasteiger partial charge in [-0.05, 0) is 54.1 Å². The molecule has 2 heterocycles. The SMILES string of the molecule is O=C(Nc1ccc(-c2noc(Cc3ccc(Cl)cc3)n2)cc1)c1ccccn1. The van der Waals surface area contributed by atoms with E-state index in [2.05, 4.69) is 20.4 Å². The monoisotopic (exact) mass is 390 g/mol. The van der Waals surface area contributed by atoms with E-state index >= 15 is 0 Å². The molecule has 0 spiro atoms. The fourth-order valence-corrected chi connectivity index (χ4v) is 2.74. The lowest BCUT2D eigenvalue weighted by molar-refractivity contribution is 0.102. The Morgan fingerprint density at radius 3 is 2.50 bits per heavy atom. The highest BCUT2D eigenvalue weighted by Gasteiger charge is 2.11. The zero-order chi connectivity index (χ0) is 19.3. The third-order valence-corrected chi connectivity index (χ3v) is 4.29. The van der Waals surface area contributed by atoms with Crippen molar-refractivity contribution in [1.29, 1.82) is 0 Å². The van der Waals surface area contributed by atoms with Gasteiger partial charge in [0.2, 0.25) is 11.7 Å². The van der Waals surface area contributed by atoms with Gasteiger partial charge < -0.3 is 9.84 Å². The molecule has 0 atom stereocenters. The zero-order valence-corrected chi connectivity index (χ0v) is 15.4. The molecule has 4 aromatic rings. The lowest BCUT2D eigenvalue weighted by Gasteiger charge is -2.04. The van der Waals surface area contributed by atoms with Gasteiger partial charge in [-0.1, -0.05) is 35.0 Å². The van der Waals surface area contributed by atoms with E-state index in [-0.39, 0.29) is 5.91 Å². The number of benzene rings is 2. The first kappa shape index (κ1) is 17.9. The number of hydrogen-bond acceptors (Lipinski definition) is 5. The first-order valence-electron chi connectivity index (χ1n) is 8.57. The van der Waals surface area contributed by atoms with Crippen LogP contribution < -0.4 is 5.32 Å². The molecule has 0 aliphatic heterocycles. The van der Waals surface area contributed by atoms with Crippen molar-refractivity contribution in [3.63, 3.8) is 0 Å². The van der Waals surface area contributed by atoms with Crippen molar-refractivity contribution in [2.45, 2.75) is 6.42 Å². The second kappa shape index (κ2) is 8.02. The van der Waals surface area contributed by atoms with Crippen LogP contribution in [-0.4, -0.2) is 21.0 Å². The molecule has 0 unspecified atom stereocenters. The summed E-state index contributed by atoms with van der Waals surface area (Å²) in [5.74, 6) is 0.745. The number of nitrogens with zero attached hydrogens (tertiary/aromatic N) is 3. The van der Waals surface area contributed by atoms with Crippen molar-refractivity contribution in [3.05, 3.63) is 95.1 Å². The number of amides is 1. The van der Waals surface area contributed by atoms with E-state index in [1.165, 1.54) is 0 Å². The second-order valence-corrected chi connectivity index (χ2v) is 6.50. The molecule has 1 N–H and O–H groups in total. The summed E-state index contributed by atoms with van der Waals surface area (Å²) in [5, 5.41) is 7.52. The van der Waals surface area contributed by atoms with Gasteiger partial charge in [0.25, 0.3) is 5.91 Å². The second-order valence-electron chi connectivity index (χ2n) is 6.06. The molecule has 1 amide bonds. The number of pyridine rings is 1. The van der Waals surface area contributed by atoms with Crippen molar-refractivity contribution in [1.82, 2.24) is 15.1 Å². The van der Waals surface area contributed by atoms with E-state index in [1.54, 1.807) is 36.5 Å². The molecule has 0 saturated heterocycles. The third kappa shape index (κ3) is 4.24. The van der Waals surface area contributed by atoms with Crippen LogP contribution in [0.3, 0.4) is 0 Å². The van der Waals surface area contributed by atoms with Crippen LogP contribution in [0.4, 0.5) is 5.69 Å². The van der Waals surface area contributed by atoms with Crippen LogP contribution in [-0.2, 0) is 6.42 Å². The average molecular weight is 391 g/mol. The molecule has 138 valence electrons. The number of anilines is 1. The van der Waals surface area contributed by atoms with Crippen LogP contribution in [0.2, 0.25) is 5.02 Å². The number of aromatic nitrogens is 3. The summed E-state index contributed by atoms with van der Waals surface area (Å²) in [6.45, 7) is 0. The number of rotatable bonds is 5. The van der Waals surface area contributed by atoms with Gasteiger partial charge in [0, 0.05) is 22.5 Å². The van der Waals surface area contributed by atoms with Crippen LogP contribution in [0, 0.1) is 0 Å². The van der Waals surface area contributed by atoms with Crippen LogP contribution >= 0.6 is 11.6 Å². The summed E-state index contributed by atoms with van der Waals surface area (Å²) < 4.78 is 5.33. The van der Waals surface area contributed by atoms with Crippen molar-refractivity contribution in [2.75, 3.05) is 5.32 Å². The highest BCUT2D eigenvalue weighted by molar-refractivity contribution is 6.30. The summed E-state index contributed by atoms with van der Waals surface area (Å²) in [5.41, 5.74) is 2.84. The number of carbonyl (C=O) groups excluding carboxylic acids is 1. The molecular formula is C21H15ClN4O2. The highest BCUT2D eigenvalue weighted by atomic mass is 35.5. The number of nitrogens with one attached hydrogen (secondary N) is 1. The normalized spacial score (nSPS) is 10.6. The summed E-state index contributed by atoms with van der Waals surface area (Å²) >= 11 is 5.90. The van der Waals surface area contributed by atoms with Crippen LogP contribution in [0.5, 0.6) is 0 Å². The molecule has 0 radical (unpaired) electrons. The molecule has 6 nitrogen and oxygen atoms in total. The van der Waals surface area contributed by atoms with Crippen molar-refractivity contribution in [3.8, 4) is 11.4 Å². The number of hydrogen-bond donors (Lipinski definition) is 1. The van der Waals surface area contributed by atoms with Crippen LogP contribution in [0.1, 0.15) is 21.9 Å². The Bertz CT molecular complexity index is 1080. The van der Waals surface area contributed by atoms with Crippen molar-refractivity contribution < 1.29 is 9.32 Å². The molecule has 0 bridgehead atoms. The Labute approximate surface area is 166 Å². The molecule has 0 aliphatic rings. The molecular weight excluding hydrogens is 376 g/mol. The summed E-state index contributed by atoms with van der Waals surface area (Å²) in [6, 6.07) is 19.9. The molecule has 0 aliphatic carbocycles. The highest BCUT2D eigenvalue weighted by Crippen LogP contribution is 2.20. The van der Waals surface area contributed by atoms with Crippen LogP contribution in [0.15, 0.2) is 77.4 Å². The standard InChI is InChI=1S/C21H15ClN4O2/c22-16-8-4-14(5-9-16)13-19-25-20(26-28-19)15-6-10-17(11-7-15)24-21(27)18-3-1-2-12-23-18/h1-12H,13H2,(H,24,27). The molecule has 2 aromatic heterocycles. The van der Waals surface area contributed by atoms with E-state index in [9.17, 15) is 4.79 Å². The fourth-order valence-electron chi connectivity index (χ4n) is 2.62. The van der Waals surface area contributed by atoms with Gasteiger partial charge in [-0.2, -0.15) is 4.98 Å². The lowest BCUT2D eigenvalue weighted by Crippen LogP contribution is -2.13. The summed E-state index contributed by atoms with van der Waals surface area (Å²) in [7, 11) is 0. The average Bonchev–Trinajstić information content (AvgIpc) is 3.19. The summed E-state index contributed by atoms with van der Waals surface area (Å²) in [6.07, 6.45) is 2.11. The number of halogens is 1. The Balaban J connectivity index is 1.43. The van der Waals surface area contributed by atoms with Gasteiger partial charge in [-0.15, -0.1) is 0 Å². The Kier molecular flexibility index (Phi) is 5.12. The minimum Gasteiger partial charge on any atom is -0.339 e. The van der Waals surface area contributed by atoms with Gasteiger partial charge in [-0.3, -0.25) is 9.78 Å². The van der Waals surface area contributed by atoms with Gasteiger partial charge >= 0.3 is 0 Å². The van der Waals surface area contributed by atoms with E-state index in [0.717, 1.165) is 11.1 Å². The quantitative estimate of drug-likeness (QED) is 0.537. The van der Waals surface area contributed by atoms with E-state index in [1.807, 2.05) is 36.4 Å². The van der Waals surface area contributed by atoms with Gasteiger partial charge in [0.1, 0.15) is 5.69 Å². The van der Waals surface area contributed by atoms with Crippen molar-refractivity contribution >= 4 is 23.2 Å². The minimum atomic E-state index is -0.266. The molecule has 2 aromatic carbocycles. The lowest BCUT2D eigenvalue weighted by atomic mass is 10.1. The predicted molar refractivity (Wildman–Crippen MR) is 106 cm³/mol. The van der Waals surface area contributed by atoms with Gasteiger partial charge in [0.05, 0.1) is 6.42 Å². The molecule has 28 heavy (non-hydrogen) atoms. The third-order valence-electron chi connectivity index (χ3n) is 4.04. The minimum absolute atomic E-state index is 0.266. The predicted octanol–water partition coefficient (Wildman–Crippen LogP) is 4.63. The van der Waals surface area contributed by atoms with Gasteiger partial charge in [-0.25, -0.2) is 0 Å². The Morgan fingerprint density at radius 1 is 1.00 bits per heavy atom. The maximum absolute atomic E-state index is 12.1. The molecule has 7 heteroatoms. The topological polar surface area (TPSA) is 80.9 Å². The largest absolute Gasteiger partial charge is 0.339 e. The Morgan fingerprint density at radius 2 is 1.79 bits per heavy atom. The maximum atomic E-state index is 12.1. The van der Waals surface area contributed by atoms with Gasteiger partial charge in [0.15, 0.2) is 0 Å². The number of carbonyl (C=O) groups is 1. The zero-order valence-electron chi connectivity index (χ0n) is 14.7. The van der Waals surface area contributed by atoms with E-state index < -0.39 is 0 Å². The Hall–Kier alpha value is -3.51. The van der Waals surface area contributed by atoms with Crippen molar-refractivity contribution in [2.24, 2.45) is 0 Å².